The van der Waals surface area contributed by atoms with Crippen molar-refractivity contribution in [2.45, 2.75) is 20.8 Å². The van der Waals surface area contributed by atoms with Crippen molar-refractivity contribution in [3.8, 4) is 5.88 Å². The number of amides is 1. The maximum absolute atomic E-state index is 12.0. The topological polar surface area (TPSA) is 89.9 Å². The van der Waals surface area contributed by atoms with Gasteiger partial charge in [-0.05, 0) is 32.9 Å². The van der Waals surface area contributed by atoms with Crippen LogP contribution in [0.3, 0.4) is 0 Å². The minimum Gasteiger partial charge on any atom is -0.477 e. The molecule has 0 aliphatic carbocycles. The van der Waals surface area contributed by atoms with Gasteiger partial charge in [0.2, 0.25) is 11.8 Å². The molecule has 2 aromatic rings. The van der Waals surface area contributed by atoms with Crippen molar-refractivity contribution < 1.29 is 9.53 Å². The first-order valence-corrected chi connectivity index (χ1v) is 6.18. The van der Waals surface area contributed by atoms with Gasteiger partial charge in [-0.25, -0.2) is 9.97 Å². The Bertz CT molecular complexity index is 592. The summed E-state index contributed by atoms with van der Waals surface area (Å²) in [5.74, 6) is 0.223. The molecule has 1 N–H and O–H groups in total. The third kappa shape index (κ3) is 3.47. The molecule has 7 nitrogen and oxygen atoms in total. The van der Waals surface area contributed by atoms with Gasteiger partial charge in [0.1, 0.15) is 0 Å². The summed E-state index contributed by atoms with van der Waals surface area (Å²) >= 11 is 0. The van der Waals surface area contributed by atoms with Crippen LogP contribution in [-0.4, -0.2) is 32.7 Å². The first kappa shape index (κ1) is 13.9. The summed E-state index contributed by atoms with van der Waals surface area (Å²) in [6, 6.07) is 4.95. The van der Waals surface area contributed by atoms with Gasteiger partial charge < -0.3 is 4.74 Å². The Kier molecular flexibility index (Phi) is 4.19. The second-order valence-corrected chi connectivity index (χ2v) is 4.12. The molecule has 0 bridgehead atoms. The fourth-order valence-electron chi connectivity index (χ4n) is 1.61. The fraction of sp³-hybridized carbons (Fsp3) is 0.308. The van der Waals surface area contributed by atoms with Gasteiger partial charge in [0.15, 0.2) is 5.69 Å². The van der Waals surface area contributed by atoms with Crippen molar-refractivity contribution in [1.82, 2.24) is 20.2 Å². The first-order chi connectivity index (χ1) is 9.58. The summed E-state index contributed by atoms with van der Waals surface area (Å²) < 4.78 is 5.16. The van der Waals surface area contributed by atoms with Crippen molar-refractivity contribution in [3.63, 3.8) is 0 Å². The minimum absolute atomic E-state index is 0.177. The number of hydrogen-bond acceptors (Lipinski definition) is 6. The van der Waals surface area contributed by atoms with Crippen LogP contribution in [0.15, 0.2) is 18.2 Å². The zero-order chi connectivity index (χ0) is 14.5. The Morgan fingerprint density at radius 2 is 1.90 bits per heavy atom. The van der Waals surface area contributed by atoms with Crippen LogP contribution in [0.5, 0.6) is 5.88 Å². The number of carbonyl (C=O) groups is 1. The van der Waals surface area contributed by atoms with E-state index in [1.807, 2.05) is 26.8 Å². The second-order valence-electron chi connectivity index (χ2n) is 4.12. The average Bonchev–Trinajstić information content (AvgIpc) is 2.38. The Balaban J connectivity index is 2.11. The molecular weight excluding hydrogens is 258 g/mol. The third-order valence-electron chi connectivity index (χ3n) is 2.37. The molecule has 0 radical (unpaired) electrons. The normalized spacial score (nSPS) is 10.2. The van der Waals surface area contributed by atoms with Crippen LogP contribution >= 0.6 is 0 Å². The number of ether oxygens (including phenoxy) is 1. The summed E-state index contributed by atoms with van der Waals surface area (Å²) in [7, 11) is 0. The number of nitrogens with one attached hydrogen (secondary N) is 1. The van der Waals surface area contributed by atoms with Gasteiger partial charge in [-0.1, -0.05) is 0 Å². The molecule has 0 aromatic carbocycles. The lowest BCUT2D eigenvalue weighted by Gasteiger charge is -2.05. The van der Waals surface area contributed by atoms with E-state index in [9.17, 15) is 4.79 Å². The van der Waals surface area contributed by atoms with Gasteiger partial charge >= 0.3 is 0 Å². The highest BCUT2D eigenvalue weighted by molar-refractivity contribution is 6.01. The zero-order valence-electron chi connectivity index (χ0n) is 11.5. The number of nitrogens with zero attached hydrogens (tertiary/aromatic N) is 4. The smallest absolute Gasteiger partial charge is 0.278 e. The maximum atomic E-state index is 12.0. The molecule has 2 rings (SSSR count). The predicted molar refractivity (Wildman–Crippen MR) is 72.7 cm³/mol. The number of hydrogen-bond donors (Lipinski definition) is 1. The predicted octanol–water partition coefficient (Wildman–Crippen LogP) is 1.53. The average molecular weight is 273 g/mol. The Labute approximate surface area is 116 Å². The summed E-state index contributed by atoms with van der Waals surface area (Å²) in [6.45, 7) is 6.01. The minimum atomic E-state index is -0.412. The van der Waals surface area contributed by atoms with Crippen LogP contribution in [0.1, 0.15) is 28.8 Å². The Morgan fingerprint density at radius 1 is 1.20 bits per heavy atom. The van der Waals surface area contributed by atoms with Crippen LogP contribution < -0.4 is 10.1 Å². The second kappa shape index (κ2) is 6.05. The molecule has 0 fully saturated rings. The van der Waals surface area contributed by atoms with Crippen molar-refractivity contribution in [2.75, 3.05) is 11.9 Å². The Hall–Kier alpha value is -2.57. The van der Waals surface area contributed by atoms with Gasteiger partial charge in [-0.3, -0.25) is 10.1 Å². The molecule has 7 heteroatoms. The van der Waals surface area contributed by atoms with E-state index in [2.05, 4.69) is 25.5 Å². The lowest BCUT2D eigenvalue weighted by atomic mass is 10.3. The first-order valence-electron chi connectivity index (χ1n) is 6.18. The molecule has 0 saturated carbocycles. The molecular formula is C13H15N5O2. The van der Waals surface area contributed by atoms with Crippen LogP contribution in [0.4, 0.5) is 5.95 Å². The summed E-state index contributed by atoms with van der Waals surface area (Å²) in [5.41, 5.74) is 1.74. The molecule has 104 valence electrons. The SMILES string of the molecule is CCOc1ccc(C(=O)Nc2nc(C)cc(C)n2)nn1. The maximum Gasteiger partial charge on any atom is 0.278 e. The Morgan fingerprint density at radius 3 is 2.45 bits per heavy atom. The van der Waals surface area contributed by atoms with E-state index in [1.165, 1.54) is 6.07 Å². The summed E-state index contributed by atoms with van der Waals surface area (Å²) in [5, 5.41) is 10.2. The van der Waals surface area contributed by atoms with Crippen LogP contribution in [0.2, 0.25) is 0 Å². The molecule has 1 amide bonds. The molecule has 0 atom stereocenters. The fourth-order valence-corrected chi connectivity index (χ4v) is 1.61. The van der Waals surface area contributed by atoms with E-state index in [4.69, 9.17) is 4.74 Å². The van der Waals surface area contributed by atoms with Crippen LogP contribution in [0.25, 0.3) is 0 Å². The standard InChI is InChI=1S/C13H15N5O2/c1-4-20-11-6-5-10(17-18-11)12(19)16-13-14-8(2)7-9(3)15-13/h5-7H,4H2,1-3H3,(H,14,15,16,19). The molecule has 0 aliphatic heterocycles. The van der Waals surface area contributed by atoms with Gasteiger partial charge in [0.25, 0.3) is 5.91 Å². The number of aryl methyl sites for hydroxylation is 2. The third-order valence-corrected chi connectivity index (χ3v) is 2.37. The quantitative estimate of drug-likeness (QED) is 0.908. The van der Waals surface area contributed by atoms with Gasteiger partial charge in [0.05, 0.1) is 6.61 Å². The van der Waals surface area contributed by atoms with E-state index in [-0.39, 0.29) is 11.6 Å². The molecule has 20 heavy (non-hydrogen) atoms. The summed E-state index contributed by atoms with van der Waals surface area (Å²) in [6.07, 6.45) is 0. The van der Waals surface area contributed by atoms with Crippen molar-refractivity contribution in [3.05, 3.63) is 35.3 Å². The van der Waals surface area contributed by atoms with Crippen molar-refractivity contribution in [1.29, 1.82) is 0 Å². The molecule has 0 aliphatic rings. The lowest BCUT2D eigenvalue weighted by molar-refractivity contribution is 0.102. The van der Waals surface area contributed by atoms with Gasteiger partial charge in [-0.15, -0.1) is 10.2 Å². The van der Waals surface area contributed by atoms with Crippen molar-refractivity contribution in [2.24, 2.45) is 0 Å². The van der Waals surface area contributed by atoms with E-state index in [0.29, 0.717) is 12.5 Å². The van der Waals surface area contributed by atoms with Gasteiger partial charge in [-0.2, -0.15) is 0 Å². The summed E-state index contributed by atoms with van der Waals surface area (Å²) in [4.78, 5) is 20.2. The highest BCUT2D eigenvalue weighted by Crippen LogP contribution is 2.08. The number of anilines is 1. The number of aromatic nitrogens is 4. The van der Waals surface area contributed by atoms with E-state index in [1.54, 1.807) is 6.07 Å². The number of carbonyl (C=O) groups excluding carboxylic acids is 1. The van der Waals surface area contributed by atoms with E-state index < -0.39 is 5.91 Å². The lowest BCUT2D eigenvalue weighted by Crippen LogP contribution is -2.17. The van der Waals surface area contributed by atoms with Crippen LogP contribution in [0, 0.1) is 13.8 Å². The van der Waals surface area contributed by atoms with E-state index >= 15 is 0 Å². The van der Waals surface area contributed by atoms with Crippen LogP contribution in [-0.2, 0) is 0 Å². The largest absolute Gasteiger partial charge is 0.477 e. The monoisotopic (exact) mass is 273 g/mol. The molecule has 2 aromatic heterocycles. The van der Waals surface area contributed by atoms with Crippen molar-refractivity contribution >= 4 is 11.9 Å². The molecule has 0 saturated heterocycles. The molecule has 0 spiro atoms. The van der Waals surface area contributed by atoms with Gasteiger partial charge in [0, 0.05) is 17.5 Å². The van der Waals surface area contributed by atoms with E-state index in [0.717, 1.165) is 11.4 Å². The molecule has 0 unspecified atom stereocenters. The number of rotatable bonds is 4. The molecule has 2 heterocycles. The highest BCUT2D eigenvalue weighted by atomic mass is 16.5. The zero-order valence-corrected chi connectivity index (χ0v) is 11.5. The highest BCUT2D eigenvalue weighted by Gasteiger charge is 2.11.